The molecule has 0 aliphatic carbocycles. The molecule has 1 heterocycles. The van der Waals surface area contributed by atoms with Crippen LogP contribution in [0.4, 0.5) is 5.69 Å². The molecule has 1 aliphatic rings. The molecule has 1 aromatic carbocycles. The van der Waals surface area contributed by atoms with Crippen LogP contribution in [0.15, 0.2) is 24.3 Å². The minimum absolute atomic E-state index is 0.569. The van der Waals surface area contributed by atoms with Gasteiger partial charge in [-0.15, -0.1) is 0 Å². The highest BCUT2D eigenvalue weighted by Crippen LogP contribution is 2.18. The second-order valence-corrected chi connectivity index (χ2v) is 5.07. The fourth-order valence-electron chi connectivity index (χ4n) is 2.13. The number of rotatable bonds is 4. The van der Waals surface area contributed by atoms with Crippen LogP contribution in [0.2, 0.25) is 0 Å². The molecule has 2 rings (SSSR count). The minimum atomic E-state index is -0.777. The number of hydrogen-bond donors (Lipinski definition) is 1. The van der Waals surface area contributed by atoms with E-state index in [0.29, 0.717) is 6.42 Å². The SMILES string of the molecule is CC(N)(C=O)Cc1ccc(N2CCOCC2)cc1. The van der Waals surface area contributed by atoms with E-state index in [4.69, 9.17) is 10.5 Å². The lowest BCUT2D eigenvalue weighted by Gasteiger charge is -2.29. The molecule has 2 N–H and O–H groups in total. The Morgan fingerprint density at radius 2 is 1.94 bits per heavy atom. The minimum Gasteiger partial charge on any atom is -0.378 e. The molecule has 0 bridgehead atoms. The normalized spacial score (nSPS) is 19.3. The molecule has 1 saturated heterocycles. The Labute approximate surface area is 108 Å². The number of hydrogen-bond acceptors (Lipinski definition) is 4. The van der Waals surface area contributed by atoms with E-state index >= 15 is 0 Å². The molecule has 0 spiro atoms. The van der Waals surface area contributed by atoms with Crippen molar-refractivity contribution in [1.29, 1.82) is 0 Å². The summed E-state index contributed by atoms with van der Waals surface area (Å²) in [5.41, 5.74) is 7.34. The van der Waals surface area contributed by atoms with Gasteiger partial charge in [0.25, 0.3) is 0 Å². The van der Waals surface area contributed by atoms with Gasteiger partial charge in [-0.2, -0.15) is 0 Å². The standard InChI is InChI=1S/C14H20N2O2/c1-14(15,11-17)10-12-2-4-13(5-3-12)16-6-8-18-9-7-16/h2-5,11H,6-10,15H2,1H3. The molecule has 0 radical (unpaired) electrons. The number of ether oxygens (including phenoxy) is 1. The molecule has 98 valence electrons. The Balaban J connectivity index is 2.03. The van der Waals surface area contributed by atoms with Crippen molar-refractivity contribution in [3.8, 4) is 0 Å². The molecule has 18 heavy (non-hydrogen) atoms. The van der Waals surface area contributed by atoms with Crippen LogP contribution in [0, 0.1) is 0 Å². The summed E-state index contributed by atoms with van der Waals surface area (Å²) >= 11 is 0. The number of benzene rings is 1. The maximum Gasteiger partial charge on any atom is 0.139 e. The van der Waals surface area contributed by atoms with E-state index < -0.39 is 5.54 Å². The molecular formula is C14H20N2O2. The van der Waals surface area contributed by atoms with Crippen molar-refractivity contribution in [1.82, 2.24) is 0 Å². The lowest BCUT2D eigenvalue weighted by atomic mass is 9.95. The summed E-state index contributed by atoms with van der Waals surface area (Å²) in [5.74, 6) is 0. The average molecular weight is 248 g/mol. The first kappa shape index (κ1) is 13.1. The van der Waals surface area contributed by atoms with Crippen molar-refractivity contribution in [3.05, 3.63) is 29.8 Å². The lowest BCUT2D eigenvalue weighted by molar-refractivity contribution is -0.111. The number of nitrogens with two attached hydrogens (primary N) is 1. The average Bonchev–Trinajstić information content (AvgIpc) is 2.40. The van der Waals surface area contributed by atoms with Gasteiger partial charge in [-0.3, -0.25) is 0 Å². The number of carbonyl (C=O) groups excluding carboxylic acids is 1. The molecule has 1 atom stereocenters. The zero-order valence-corrected chi connectivity index (χ0v) is 10.8. The van der Waals surface area contributed by atoms with Crippen molar-refractivity contribution in [3.63, 3.8) is 0 Å². The topological polar surface area (TPSA) is 55.6 Å². The largest absolute Gasteiger partial charge is 0.378 e. The van der Waals surface area contributed by atoms with Crippen molar-refractivity contribution in [2.75, 3.05) is 31.2 Å². The van der Waals surface area contributed by atoms with Crippen LogP contribution < -0.4 is 10.6 Å². The first-order valence-electron chi connectivity index (χ1n) is 6.27. The van der Waals surface area contributed by atoms with Gasteiger partial charge in [-0.25, -0.2) is 0 Å². The van der Waals surface area contributed by atoms with Crippen molar-refractivity contribution in [2.45, 2.75) is 18.9 Å². The summed E-state index contributed by atoms with van der Waals surface area (Å²) in [5, 5.41) is 0. The smallest absolute Gasteiger partial charge is 0.139 e. The summed E-state index contributed by atoms with van der Waals surface area (Å²) in [6.07, 6.45) is 1.38. The van der Waals surface area contributed by atoms with Crippen LogP contribution in [-0.2, 0) is 16.0 Å². The van der Waals surface area contributed by atoms with E-state index in [1.165, 1.54) is 5.69 Å². The van der Waals surface area contributed by atoms with Crippen molar-refractivity contribution >= 4 is 12.0 Å². The maximum absolute atomic E-state index is 10.8. The number of anilines is 1. The Morgan fingerprint density at radius 3 is 2.50 bits per heavy atom. The Bertz CT molecular complexity index is 395. The highest BCUT2D eigenvalue weighted by molar-refractivity contribution is 5.64. The van der Waals surface area contributed by atoms with Crippen LogP contribution in [-0.4, -0.2) is 38.1 Å². The van der Waals surface area contributed by atoms with E-state index in [1.54, 1.807) is 6.92 Å². The predicted octanol–water partition coefficient (Wildman–Crippen LogP) is 0.982. The Morgan fingerprint density at radius 1 is 1.33 bits per heavy atom. The summed E-state index contributed by atoms with van der Waals surface area (Å²) in [6.45, 7) is 5.18. The van der Waals surface area contributed by atoms with E-state index in [0.717, 1.165) is 38.2 Å². The molecule has 1 fully saturated rings. The molecule has 4 nitrogen and oxygen atoms in total. The van der Waals surface area contributed by atoms with Crippen LogP contribution >= 0.6 is 0 Å². The van der Waals surface area contributed by atoms with Crippen LogP contribution in [0.25, 0.3) is 0 Å². The molecule has 0 aromatic heterocycles. The zero-order valence-electron chi connectivity index (χ0n) is 10.8. The highest BCUT2D eigenvalue weighted by Gasteiger charge is 2.18. The van der Waals surface area contributed by atoms with E-state index in [2.05, 4.69) is 17.0 Å². The zero-order chi connectivity index (χ0) is 13.0. The Kier molecular flexibility index (Phi) is 3.99. The third-order valence-electron chi connectivity index (χ3n) is 3.17. The molecule has 1 unspecified atom stereocenters. The van der Waals surface area contributed by atoms with Crippen LogP contribution in [0.3, 0.4) is 0 Å². The van der Waals surface area contributed by atoms with E-state index in [1.807, 2.05) is 12.1 Å². The van der Waals surface area contributed by atoms with Gasteiger partial charge in [0.1, 0.15) is 6.29 Å². The van der Waals surface area contributed by atoms with Gasteiger partial charge in [0.2, 0.25) is 0 Å². The molecule has 0 saturated carbocycles. The molecular weight excluding hydrogens is 228 g/mol. The maximum atomic E-state index is 10.8. The first-order chi connectivity index (χ1) is 8.61. The third-order valence-corrected chi connectivity index (χ3v) is 3.17. The fraction of sp³-hybridized carbons (Fsp3) is 0.500. The molecule has 0 amide bonds. The first-order valence-corrected chi connectivity index (χ1v) is 6.27. The van der Waals surface area contributed by atoms with Crippen LogP contribution in [0.5, 0.6) is 0 Å². The van der Waals surface area contributed by atoms with Gasteiger partial charge in [0, 0.05) is 18.8 Å². The monoisotopic (exact) mass is 248 g/mol. The van der Waals surface area contributed by atoms with Gasteiger partial charge < -0.3 is 20.2 Å². The van der Waals surface area contributed by atoms with Gasteiger partial charge in [-0.05, 0) is 31.0 Å². The number of nitrogens with zero attached hydrogens (tertiary/aromatic N) is 1. The van der Waals surface area contributed by atoms with E-state index in [-0.39, 0.29) is 0 Å². The molecule has 4 heteroatoms. The second-order valence-electron chi connectivity index (χ2n) is 5.07. The lowest BCUT2D eigenvalue weighted by Crippen LogP contribution is -2.40. The molecule has 1 aliphatic heterocycles. The summed E-state index contributed by atoms with van der Waals surface area (Å²) in [4.78, 5) is 13.1. The second kappa shape index (κ2) is 5.50. The van der Waals surface area contributed by atoms with Crippen LogP contribution in [0.1, 0.15) is 12.5 Å². The molecule has 1 aromatic rings. The van der Waals surface area contributed by atoms with Gasteiger partial charge in [0.05, 0.1) is 18.8 Å². The van der Waals surface area contributed by atoms with E-state index in [9.17, 15) is 4.79 Å². The Hall–Kier alpha value is -1.39. The third kappa shape index (κ3) is 3.31. The number of aldehydes is 1. The number of morpholine rings is 1. The number of carbonyl (C=O) groups is 1. The quantitative estimate of drug-likeness (QED) is 0.807. The van der Waals surface area contributed by atoms with Gasteiger partial charge >= 0.3 is 0 Å². The van der Waals surface area contributed by atoms with Gasteiger partial charge in [0.15, 0.2) is 0 Å². The summed E-state index contributed by atoms with van der Waals surface area (Å²) in [6, 6.07) is 8.25. The summed E-state index contributed by atoms with van der Waals surface area (Å²) < 4.78 is 5.33. The van der Waals surface area contributed by atoms with Gasteiger partial charge in [-0.1, -0.05) is 12.1 Å². The highest BCUT2D eigenvalue weighted by atomic mass is 16.5. The van der Waals surface area contributed by atoms with Crippen molar-refractivity contribution in [2.24, 2.45) is 5.73 Å². The van der Waals surface area contributed by atoms with Crippen molar-refractivity contribution < 1.29 is 9.53 Å². The fourth-order valence-corrected chi connectivity index (χ4v) is 2.13. The summed E-state index contributed by atoms with van der Waals surface area (Å²) in [7, 11) is 0. The predicted molar refractivity (Wildman–Crippen MR) is 71.8 cm³/mol.